The SMILES string of the molecule is CC1=C(C)[C@H](Nc2ccc(C)cc2F)N(CCC(C)C)C1=O. The molecule has 120 valence electrons. The van der Waals surface area contributed by atoms with Crippen LogP contribution in [0, 0.1) is 18.7 Å². The summed E-state index contributed by atoms with van der Waals surface area (Å²) < 4.78 is 14.1. The smallest absolute Gasteiger partial charge is 0.251 e. The summed E-state index contributed by atoms with van der Waals surface area (Å²) in [5.74, 6) is 0.280. The zero-order valence-electron chi connectivity index (χ0n) is 14.0. The Morgan fingerprint density at radius 2 is 1.95 bits per heavy atom. The van der Waals surface area contributed by atoms with Crippen molar-refractivity contribution in [1.82, 2.24) is 4.90 Å². The Hall–Kier alpha value is -1.84. The van der Waals surface area contributed by atoms with Crippen LogP contribution in [0.15, 0.2) is 29.3 Å². The van der Waals surface area contributed by atoms with Crippen molar-refractivity contribution in [3.63, 3.8) is 0 Å². The number of benzene rings is 1. The zero-order chi connectivity index (χ0) is 16.4. The summed E-state index contributed by atoms with van der Waals surface area (Å²) in [4.78, 5) is 14.2. The van der Waals surface area contributed by atoms with E-state index in [1.165, 1.54) is 6.07 Å². The fraction of sp³-hybridized carbons (Fsp3) is 0.500. The maximum Gasteiger partial charge on any atom is 0.251 e. The van der Waals surface area contributed by atoms with E-state index in [0.717, 1.165) is 23.1 Å². The number of carbonyl (C=O) groups is 1. The van der Waals surface area contributed by atoms with Gasteiger partial charge in [0.2, 0.25) is 0 Å². The lowest BCUT2D eigenvalue weighted by Gasteiger charge is -2.29. The number of aryl methyl sites for hydroxylation is 1. The number of carbonyl (C=O) groups excluding carboxylic acids is 1. The molecular formula is C18H25FN2O. The highest BCUT2D eigenvalue weighted by molar-refractivity contribution is 5.97. The molecule has 3 nitrogen and oxygen atoms in total. The zero-order valence-corrected chi connectivity index (χ0v) is 14.0. The number of hydrogen-bond acceptors (Lipinski definition) is 2. The van der Waals surface area contributed by atoms with Gasteiger partial charge < -0.3 is 10.2 Å². The molecule has 4 heteroatoms. The molecule has 0 spiro atoms. The van der Waals surface area contributed by atoms with Crippen molar-refractivity contribution in [1.29, 1.82) is 0 Å². The molecular weight excluding hydrogens is 279 g/mol. The number of nitrogens with zero attached hydrogens (tertiary/aromatic N) is 1. The molecule has 0 saturated carbocycles. The van der Waals surface area contributed by atoms with E-state index in [2.05, 4.69) is 19.2 Å². The topological polar surface area (TPSA) is 32.3 Å². The van der Waals surface area contributed by atoms with Gasteiger partial charge in [-0.25, -0.2) is 4.39 Å². The van der Waals surface area contributed by atoms with Crippen LogP contribution in [0.2, 0.25) is 0 Å². The summed E-state index contributed by atoms with van der Waals surface area (Å²) in [7, 11) is 0. The molecule has 22 heavy (non-hydrogen) atoms. The highest BCUT2D eigenvalue weighted by Gasteiger charge is 2.34. The van der Waals surface area contributed by atoms with Gasteiger partial charge in [0.15, 0.2) is 0 Å². The molecule has 0 radical (unpaired) electrons. The summed E-state index contributed by atoms with van der Waals surface area (Å²) in [5.41, 5.74) is 3.04. The summed E-state index contributed by atoms with van der Waals surface area (Å²) in [5, 5.41) is 3.19. The van der Waals surface area contributed by atoms with Crippen molar-refractivity contribution < 1.29 is 9.18 Å². The first-order valence-corrected chi connectivity index (χ1v) is 7.82. The molecule has 1 aliphatic rings. The molecule has 1 aliphatic heterocycles. The largest absolute Gasteiger partial charge is 0.359 e. The molecule has 2 rings (SSSR count). The minimum absolute atomic E-state index is 0.0446. The molecule has 1 aromatic carbocycles. The van der Waals surface area contributed by atoms with Crippen LogP contribution >= 0.6 is 0 Å². The fourth-order valence-corrected chi connectivity index (χ4v) is 2.64. The number of rotatable bonds is 5. The van der Waals surface area contributed by atoms with Crippen molar-refractivity contribution in [3.05, 3.63) is 40.7 Å². The third kappa shape index (κ3) is 3.32. The maximum atomic E-state index is 14.1. The minimum atomic E-state index is -0.284. The summed E-state index contributed by atoms with van der Waals surface area (Å²) in [6.07, 6.45) is 0.671. The minimum Gasteiger partial charge on any atom is -0.359 e. The molecule has 1 amide bonds. The molecule has 0 unspecified atom stereocenters. The molecule has 0 fully saturated rings. The van der Waals surface area contributed by atoms with Gasteiger partial charge in [0.25, 0.3) is 5.91 Å². The van der Waals surface area contributed by atoms with Crippen molar-refractivity contribution in [2.45, 2.75) is 47.2 Å². The first-order valence-electron chi connectivity index (χ1n) is 7.82. The van der Waals surface area contributed by atoms with Crippen LogP contribution in [-0.4, -0.2) is 23.5 Å². The molecule has 1 atom stereocenters. The predicted octanol–water partition coefficient (Wildman–Crippen LogP) is 4.10. The number of nitrogens with one attached hydrogen (secondary N) is 1. The van der Waals surface area contributed by atoms with E-state index < -0.39 is 0 Å². The van der Waals surface area contributed by atoms with Gasteiger partial charge in [-0.1, -0.05) is 19.9 Å². The second-order valence-electron chi connectivity index (χ2n) is 6.52. The van der Waals surface area contributed by atoms with Gasteiger partial charge in [-0.3, -0.25) is 4.79 Å². The first kappa shape index (κ1) is 16.5. The van der Waals surface area contributed by atoms with Crippen molar-refractivity contribution in [2.75, 3.05) is 11.9 Å². The third-order valence-electron chi connectivity index (χ3n) is 4.26. The molecule has 0 aliphatic carbocycles. The van der Waals surface area contributed by atoms with Gasteiger partial charge in [-0.15, -0.1) is 0 Å². The normalized spacial score (nSPS) is 18.6. The number of amides is 1. The van der Waals surface area contributed by atoms with E-state index in [9.17, 15) is 9.18 Å². The average molecular weight is 304 g/mol. The van der Waals surface area contributed by atoms with Gasteiger partial charge in [0.05, 0.1) is 5.69 Å². The van der Waals surface area contributed by atoms with Gasteiger partial charge >= 0.3 is 0 Å². The highest BCUT2D eigenvalue weighted by Crippen LogP contribution is 2.28. The van der Waals surface area contributed by atoms with Gasteiger partial charge in [0, 0.05) is 12.1 Å². The Bertz CT molecular complexity index is 607. The number of halogens is 1. The van der Waals surface area contributed by atoms with Crippen LogP contribution in [0.4, 0.5) is 10.1 Å². The molecule has 1 aromatic rings. The van der Waals surface area contributed by atoms with E-state index in [1.54, 1.807) is 6.07 Å². The molecule has 1 N–H and O–H groups in total. The van der Waals surface area contributed by atoms with Crippen LogP contribution in [0.1, 0.15) is 39.7 Å². The predicted molar refractivity (Wildman–Crippen MR) is 88.1 cm³/mol. The van der Waals surface area contributed by atoms with Crippen LogP contribution in [-0.2, 0) is 4.79 Å². The Balaban J connectivity index is 2.23. The van der Waals surface area contributed by atoms with Crippen LogP contribution in [0.3, 0.4) is 0 Å². The van der Waals surface area contributed by atoms with E-state index in [4.69, 9.17) is 0 Å². The van der Waals surface area contributed by atoms with Crippen LogP contribution in [0.25, 0.3) is 0 Å². The summed E-state index contributed by atoms with van der Waals surface area (Å²) in [6.45, 7) is 10.6. The van der Waals surface area contributed by atoms with Crippen molar-refractivity contribution in [2.24, 2.45) is 5.92 Å². The van der Waals surface area contributed by atoms with Crippen LogP contribution in [0.5, 0.6) is 0 Å². The van der Waals surface area contributed by atoms with Gasteiger partial charge in [0.1, 0.15) is 12.0 Å². The fourth-order valence-electron chi connectivity index (χ4n) is 2.64. The van der Waals surface area contributed by atoms with Crippen LogP contribution < -0.4 is 5.32 Å². The lowest BCUT2D eigenvalue weighted by molar-refractivity contribution is -0.126. The Kier molecular flexibility index (Phi) is 4.89. The van der Waals surface area contributed by atoms with E-state index in [-0.39, 0.29) is 17.9 Å². The maximum absolute atomic E-state index is 14.1. The average Bonchev–Trinajstić information content (AvgIpc) is 2.64. The summed E-state index contributed by atoms with van der Waals surface area (Å²) in [6, 6.07) is 5.10. The number of hydrogen-bond donors (Lipinski definition) is 1. The Morgan fingerprint density at radius 3 is 2.55 bits per heavy atom. The molecule has 0 aromatic heterocycles. The Labute approximate surface area is 132 Å². The Morgan fingerprint density at radius 1 is 1.27 bits per heavy atom. The lowest BCUT2D eigenvalue weighted by Crippen LogP contribution is -2.41. The van der Waals surface area contributed by atoms with Gasteiger partial charge in [-0.2, -0.15) is 0 Å². The molecule has 0 bridgehead atoms. The van der Waals surface area contributed by atoms with Gasteiger partial charge in [-0.05, 0) is 56.4 Å². The third-order valence-corrected chi connectivity index (χ3v) is 4.26. The highest BCUT2D eigenvalue weighted by atomic mass is 19.1. The number of anilines is 1. The lowest BCUT2D eigenvalue weighted by atomic mass is 10.1. The van der Waals surface area contributed by atoms with Crippen molar-refractivity contribution >= 4 is 11.6 Å². The van der Waals surface area contributed by atoms with E-state index in [1.807, 2.05) is 31.7 Å². The van der Waals surface area contributed by atoms with E-state index in [0.29, 0.717) is 18.2 Å². The van der Waals surface area contributed by atoms with E-state index >= 15 is 0 Å². The molecule has 1 heterocycles. The first-order chi connectivity index (χ1) is 10.3. The second kappa shape index (κ2) is 6.51. The second-order valence-corrected chi connectivity index (χ2v) is 6.52. The monoisotopic (exact) mass is 304 g/mol. The standard InChI is InChI=1S/C18H25FN2O/c1-11(2)8-9-21-17(13(4)14(5)18(21)22)20-16-7-6-12(3)10-15(16)19/h6-7,10-11,17,20H,8-9H2,1-5H3/t17-/m1/s1. The molecule has 0 saturated heterocycles. The quantitative estimate of drug-likeness (QED) is 0.888. The summed E-state index contributed by atoms with van der Waals surface area (Å²) >= 11 is 0. The van der Waals surface area contributed by atoms with Crippen molar-refractivity contribution in [3.8, 4) is 0 Å².